The third kappa shape index (κ3) is 3.00. The molecule has 0 radical (unpaired) electrons. The van der Waals surface area contributed by atoms with Crippen LogP contribution in [0.4, 0.5) is 0 Å². The SMILES string of the molecule is COc1cc2nccc(Oc3ncc(C)cc3Cl)c2cc1OC. The summed E-state index contributed by atoms with van der Waals surface area (Å²) in [6, 6.07) is 7.17. The van der Waals surface area contributed by atoms with E-state index in [1.54, 1.807) is 44.8 Å². The topological polar surface area (TPSA) is 53.5 Å². The molecule has 0 N–H and O–H groups in total. The summed E-state index contributed by atoms with van der Waals surface area (Å²) in [6.07, 6.45) is 3.36. The Balaban J connectivity index is 2.10. The molecule has 0 bridgehead atoms. The van der Waals surface area contributed by atoms with Gasteiger partial charge in [-0.2, -0.15) is 0 Å². The second-order valence-electron chi connectivity index (χ2n) is 4.94. The van der Waals surface area contributed by atoms with Crippen molar-refractivity contribution in [2.75, 3.05) is 14.2 Å². The molecule has 0 aliphatic heterocycles. The Hall–Kier alpha value is -2.53. The molecule has 0 fully saturated rings. The van der Waals surface area contributed by atoms with E-state index in [0.717, 1.165) is 16.5 Å². The highest BCUT2D eigenvalue weighted by Gasteiger charge is 2.13. The third-order valence-corrected chi connectivity index (χ3v) is 3.63. The molecule has 0 atom stereocenters. The first-order valence-electron chi connectivity index (χ1n) is 6.93. The molecule has 0 saturated heterocycles. The number of pyridine rings is 2. The highest BCUT2D eigenvalue weighted by Crippen LogP contribution is 2.37. The van der Waals surface area contributed by atoms with E-state index >= 15 is 0 Å². The minimum absolute atomic E-state index is 0.347. The second-order valence-corrected chi connectivity index (χ2v) is 5.34. The Kier molecular flexibility index (Phi) is 4.21. The number of ether oxygens (including phenoxy) is 3. The van der Waals surface area contributed by atoms with Crippen LogP contribution in [0.2, 0.25) is 5.02 Å². The summed E-state index contributed by atoms with van der Waals surface area (Å²) in [4.78, 5) is 8.56. The fourth-order valence-corrected chi connectivity index (χ4v) is 2.50. The van der Waals surface area contributed by atoms with Crippen molar-refractivity contribution in [2.24, 2.45) is 0 Å². The van der Waals surface area contributed by atoms with Crippen molar-refractivity contribution in [3.8, 4) is 23.1 Å². The summed E-state index contributed by atoms with van der Waals surface area (Å²) in [5.41, 5.74) is 1.69. The zero-order valence-corrected chi connectivity index (χ0v) is 13.7. The molecule has 23 heavy (non-hydrogen) atoms. The van der Waals surface area contributed by atoms with Crippen LogP contribution in [0.15, 0.2) is 36.7 Å². The van der Waals surface area contributed by atoms with E-state index in [9.17, 15) is 0 Å². The molecular weight excluding hydrogens is 316 g/mol. The van der Waals surface area contributed by atoms with E-state index < -0.39 is 0 Å². The Labute approximate surface area is 138 Å². The van der Waals surface area contributed by atoms with Gasteiger partial charge >= 0.3 is 0 Å². The number of methoxy groups -OCH3 is 2. The molecule has 0 saturated carbocycles. The van der Waals surface area contributed by atoms with Crippen LogP contribution in [-0.4, -0.2) is 24.2 Å². The standard InChI is InChI=1S/C17H15ClN2O3/c1-10-6-12(18)17(20-9-10)23-14-4-5-19-13-8-16(22-3)15(21-2)7-11(13)14/h4-9H,1-3H3. The molecule has 3 rings (SSSR count). The quantitative estimate of drug-likeness (QED) is 0.709. The van der Waals surface area contributed by atoms with E-state index in [1.807, 2.05) is 13.0 Å². The summed E-state index contributed by atoms with van der Waals surface area (Å²) in [6.45, 7) is 1.92. The minimum Gasteiger partial charge on any atom is -0.493 e. The average molecular weight is 331 g/mol. The third-order valence-electron chi connectivity index (χ3n) is 3.36. The lowest BCUT2D eigenvalue weighted by atomic mass is 10.2. The Morgan fingerprint density at radius 3 is 2.39 bits per heavy atom. The maximum absolute atomic E-state index is 6.19. The van der Waals surface area contributed by atoms with Gasteiger partial charge in [0.25, 0.3) is 0 Å². The van der Waals surface area contributed by atoms with Crippen LogP contribution in [0.5, 0.6) is 23.1 Å². The average Bonchev–Trinajstić information content (AvgIpc) is 2.56. The van der Waals surface area contributed by atoms with Crippen molar-refractivity contribution in [1.29, 1.82) is 0 Å². The van der Waals surface area contributed by atoms with Gasteiger partial charge in [0, 0.05) is 23.8 Å². The highest BCUT2D eigenvalue weighted by molar-refractivity contribution is 6.31. The molecule has 0 unspecified atom stereocenters. The smallest absolute Gasteiger partial charge is 0.238 e. The molecule has 2 aromatic heterocycles. The summed E-state index contributed by atoms with van der Waals surface area (Å²) in [5.74, 6) is 2.14. The predicted molar refractivity (Wildman–Crippen MR) is 88.9 cm³/mol. The second kappa shape index (κ2) is 6.30. The van der Waals surface area contributed by atoms with Gasteiger partial charge in [0.2, 0.25) is 5.88 Å². The van der Waals surface area contributed by atoms with Crippen LogP contribution in [0.25, 0.3) is 10.9 Å². The van der Waals surface area contributed by atoms with Crippen LogP contribution in [0.1, 0.15) is 5.56 Å². The van der Waals surface area contributed by atoms with Crippen molar-refractivity contribution < 1.29 is 14.2 Å². The van der Waals surface area contributed by atoms with Crippen molar-refractivity contribution in [3.05, 3.63) is 47.2 Å². The van der Waals surface area contributed by atoms with Crippen molar-refractivity contribution >= 4 is 22.5 Å². The van der Waals surface area contributed by atoms with Gasteiger partial charge in [0.1, 0.15) is 10.8 Å². The fourth-order valence-electron chi connectivity index (χ4n) is 2.24. The molecule has 0 spiro atoms. The van der Waals surface area contributed by atoms with E-state index in [2.05, 4.69) is 9.97 Å². The van der Waals surface area contributed by atoms with Gasteiger partial charge in [-0.15, -0.1) is 0 Å². The first-order chi connectivity index (χ1) is 11.1. The largest absolute Gasteiger partial charge is 0.493 e. The number of hydrogen-bond donors (Lipinski definition) is 0. The number of rotatable bonds is 4. The lowest BCUT2D eigenvalue weighted by molar-refractivity contribution is 0.355. The maximum atomic E-state index is 6.19. The highest BCUT2D eigenvalue weighted by atomic mass is 35.5. The van der Waals surface area contributed by atoms with Gasteiger partial charge in [0.05, 0.1) is 19.7 Å². The Morgan fingerprint density at radius 2 is 1.70 bits per heavy atom. The number of aryl methyl sites for hydroxylation is 1. The van der Waals surface area contributed by atoms with Gasteiger partial charge in [-0.3, -0.25) is 4.98 Å². The molecule has 2 heterocycles. The van der Waals surface area contributed by atoms with Gasteiger partial charge in [-0.25, -0.2) is 4.98 Å². The van der Waals surface area contributed by atoms with Crippen LogP contribution in [0, 0.1) is 6.92 Å². The Bertz CT molecular complexity index is 868. The summed E-state index contributed by atoms with van der Waals surface area (Å²) < 4.78 is 16.5. The number of benzene rings is 1. The van der Waals surface area contributed by atoms with Crippen molar-refractivity contribution in [2.45, 2.75) is 6.92 Å². The lowest BCUT2D eigenvalue weighted by Crippen LogP contribution is -1.94. The monoisotopic (exact) mass is 330 g/mol. The summed E-state index contributed by atoms with van der Waals surface area (Å²) in [7, 11) is 3.17. The van der Waals surface area contributed by atoms with Gasteiger partial charge in [0.15, 0.2) is 11.5 Å². The number of fused-ring (bicyclic) bond motifs is 1. The summed E-state index contributed by atoms with van der Waals surface area (Å²) >= 11 is 6.19. The van der Waals surface area contributed by atoms with E-state index in [1.165, 1.54) is 0 Å². The van der Waals surface area contributed by atoms with Gasteiger partial charge < -0.3 is 14.2 Å². The summed E-state index contributed by atoms with van der Waals surface area (Å²) in [5, 5.41) is 1.24. The van der Waals surface area contributed by atoms with Crippen molar-refractivity contribution in [3.63, 3.8) is 0 Å². The molecule has 3 aromatic rings. The molecule has 1 aromatic carbocycles. The van der Waals surface area contributed by atoms with Crippen LogP contribution in [-0.2, 0) is 0 Å². The molecule has 6 heteroatoms. The molecule has 0 aliphatic rings. The number of aromatic nitrogens is 2. The van der Waals surface area contributed by atoms with Crippen molar-refractivity contribution in [1.82, 2.24) is 9.97 Å². The maximum Gasteiger partial charge on any atom is 0.238 e. The fraction of sp³-hybridized carbons (Fsp3) is 0.176. The lowest BCUT2D eigenvalue weighted by Gasteiger charge is -2.12. The first-order valence-corrected chi connectivity index (χ1v) is 7.31. The van der Waals surface area contributed by atoms with Crippen LogP contribution < -0.4 is 14.2 Å². The number of hydrogen-bond acceptors (Lipinski definition) is 5. The molecular formula is C17H15ClN2O3. The molecule has 118 valence electrons. The van der Waals surface area contributed by atoms with Gasteiger partial charge in [-0.05, 0) is 30.7 Å². The van der Waals surface area contributed by atoms with Gasteiger partial charge in [-0.1, -0.05) is 11.6 Å². The normalized spacial score (nSPS) is 10.6. The van der Waals surface area contributed by atoms with E-state index in [-0.39, 0.29) is 0 Å². The molecule has 5 nitrogen and oxygen atoms in total. The van der Waals surface area contributed by atoms with Crippen LogP contribution >= 0.6 is 11.6 Å². The number of nitrogens with zero attached hydrogens (tertiary/aromatic N) is 2. The minimum atomic E-state index is 0.347. The predicted octanol–water partition coefficient (Wildman–Crippen LogP) is 4.40. The van der Waals surface area contributed by atoms with Crippen LogP contribution in [0.3, 0.4) is 0 Å². The van der Waals surface area contributed by atoms with E-state index in [0.29, 0.717) is 28.2 Å². The Morgan fingerprint density at radius 1 is 0.957 bits per heavy atom. The van der Waals surface area contributed by atoms with E-state index in [4.69, 9.17) is 25.8 Å². The first kappa shape index (κ1) is 15.4. The molecule has 0 aliphatic carbocycles. The number of halogens is 1. The zero-order chi connectivity index (χ0) is 16.4. The zero-order valence-electron chi connectivity index (χ0n) is 13.0. The molecule has 0 amide bonds.